The van der Waals surface area contributed by atoms with E-state index in [1.54, 1.807) is 49.2 Å². The molecule has 2 heterocycles. The van der Waals surface area contributed by atoms with Crippen LogP contribution in [-0.4, -0.2) is 27.0 Å². The molecule has 0 aliphatic heterocycles. The molecule has 9 heteroatoms. The van der Waals surface area contributed by atoms with Gasteiger partial charge in [-0.05, 0) is 30.7 Å². The molecule has 0 saturated heterocycles. The molecule has 4 N–H and O–H groups in total. The van der Waals surface area contributed by atoms with Gasteiger partial charge in [-0.15, -0.1) is 0 Å². The second kappa shape index (κ2) is 8.30. The van der Waals surface area contributed by atoms with Crippen molar-refractivity contribution in [2.24, 2.45) is 7.05 Å². The Morgan fingerprint density at radius 1 is 1.29 bits per heavy atom. The van der Waals surface area contributed by atoms with Crippen molar-refractivity contribution in [1.29, 1.82) is 5.41 Å². The van der Waals surface area contributed by atoms with Gasteiger partial charge in [-0.1, -0.05) is 12.1 Å². The van der Waals surface area contributed by atoms with Gasteiger partial charge in [-0.2, -0.15) is 5.10 Å². The Balaban J connectivity index is 1.65. The predicted octanol–water partition coefficient (Wildman–Crippen LogP) is 3.58. The van der Waals surface area contributed by atoms with E-state index in [9.17, 15) is 9.18 Å². The van der Waals surface area contributed by atoms with Gasteiger partial charge >= 0.3 is 6.03 Å². The highest BCUT2D eigenvalue weighted by Gasteiger charge is 2.12. The summed E-state index contributed by atoms with van der Waals surface area (Å²) in [7, 11) is 1.81. The van der Waals surface area contributed by atoms with Gasteiger partial charge in [0.15, 0.2) is 0 Å². The van der Waals surface area contributed by atoms with E-state index in [1.807, 2.05) is 0 Å². The zero-order valence-electron chi connectivity index (χ0n) is 15.4. The molecule has 0 spiro atoms. The van der Waals surface area contributed by atoms with Gasteiger partial charge in [-0.25, -0.2) is 14.2 Å². The first-order valence-electron chi connectivity index (χ1n) is 8.54. The quantitative estimate of drug-likeness (QED) is 0.490. The highest BCUT2D eigenvalue weighted by molar-refractivity contribution is 5.92. The molecule has 0 aliphatic carbocycles. The Bertz CT molecular complexity index is 984. The lowest BCUT2D eigenvalue weighted by Gasteiger charge is -2.15. The van der Waals surface area contributed by atoms with E-state index < -0.39 is 6.03 Å². The van der Waals surface area contributed by atoms with Gasteiger partial charge in [0.2, 0.25) is 0 Å². The average molecular weight is 381 g/mol. The minimum Gasteiger partial charge on any atom is -0.351 e. The Morgan fingerprint density at radius 3 is 2.68 bits per heavy atom. The molecule has 0 bridgehead atoms. The van der Waals surface area contributed by atoms with Crippen LogP contribution < -0.4 is 16.0 Å². The Hall–Kier alpha value is -3.75. The second-order valence-electron chi connectivity index (χ2n) is 6.20. The van der Waals surface area contributed by atoms with Crippen LogP contribution in [0.2, 0.25) is 0 Å². The number of halogens is 1. The molecule has 1 aromatic carbocycles. The third kappa shape index (κ3) is 4.70. The molecular weight excluding hydrogens is 361 g/mol. The van der Waals surface area contributed by atoms with Gasteiger partial charge in [0.25, 0.3) is 0 Å². The molecule has 28 heavy (non-hydrogen) atoms. The van der Waals surface area contributed by atoms with Gasteiger partial charge < -0.3 is 16.0 Å². The molecule has 0 saturated carbocycles. The SMILES string of the molecule is C[C@@H](NC(=O)Nc1cc(C=N)c(Nc2cnn(C)c2)cn1)c1ccc(F)cc1. The number of rotatable bonds is 6. The summed E-state index contributed by atoms with van der Waals surface area (Å²) in [5.74, 6) is -0.0252. The first kappa shape index (κ1) is 19.0. The standard InChI is InChI=1S/C19H20FN7O/c1-12(13-3-5-15(20)6-4-13)24-19(28)26-18-7-14(8-21)17(10-22-18)25-16-9-23-27(2)11-16/h3-12,21,25H,1-2H3,(H2,22,24,26,28)/t12-/m1/s1. The maximum Gasteiger partial charge on any atom is 0.320 e. The molecule has 0 radical (unpaired) electrons. The lowest BCUT2D eigenvalue weighted by Crippen LogP contribution is -2.31. The minimum absolute atomic E-state index is 0.305. The van der Waals surface area contributed by atoms with Crippen molar-refractivity contribution in [3.63, 3.8) is 0 Å². The monoisotopic (exact) mass is 381 g/mol. The smallest absolute Gasteiger partial charge is 0.320 e. The third-order valence-electron chi connectivity index (χ3n) is 4.03. The maximum atomic E-state index is 13.0. The number of carbonyl (C=O) groups excluding carboxylic acids is 1. The molecule has 3 aromatic rings. The number of amides is 2. The number of urea groups is 1. The number of aromatic nitrogens is 3. The molecule has 0 fully saturated rings. The number of benzene rings is 1. The zero-order chi connectivity index (χ0) is 20.1. The van der Waals surface area contributed by atoms with Crippen molar-refractivity contribution in [1.82, 2.24) is 20.1 Å². The molecule has 8 nitrogen and oxygen atoms in total. The highest BCUT2D eigenvalue weighted by atomic mass is 19.1. The van der Waals surface area contributed by atoms with Crippen LogP contribution in [0, 0.1) is 11.2 Å². The van der Waals surface area contributed by atoms with Crippen molar-refractivity contribution < 1.29 is 9.18 Å². The summed E-state index contributed by atoms with van der Waals surface area (Å²) >= 11 is 0. The molecule has 3 rings (SSSR count). The fraction of sp³-hybridized carbons (Fsp3) is 0.158. The van der Waals surface area contributed by atoms with E-state index in [0.29, 0.717) is 17.1 Å². The summed E-state index contributed by atoms with van der Waals surface area (Å²) in [6.45, 7) is 1.80. The summed E-state index contributed by atoms with van der Waals surface area (Å²) in [4.78, 5) is 16.4. The Labute approximate surface area is 161 Å². The summed E-state index contributed by atoms with van der Waals surface area (Å²) < 4.78 is 14.7. The van der Waals surface area contributed by atoms with Gasteiger partial charge in [0.05, 0.1) is 29.8 Å². The molecule has 2 amide bonds. The predicted molar refractivity (Wildman–Crippen MR) is 106 cm³/mol. The van der Waals surface area contributed by atoms with E-state index >= 15 is 0 Å². The van der Waals surface area contributed by atoms with E-state index in [4.69, 9.17) is 5.41 Å². The fourth-order valence-corrected chi connectivity index (χ4v) is 2.59. The second-order valence-corrected chi connectivity index (χ2v) is 6.20. The topological polar surface area (TPSA) is 108 Å². The summed E-state index contributed by atoms with van der Waals surface area (Å²) in [5.41, 5.74) is 2.72. The largest absolute Gasteiger partial charge is 0.351 e. The molecule has 0 aliphatic rings. The number of pyridine rings is 1. The molecule has 1 atom stereocenters. The van der Waals surface area contributed by atoms with Crippen molar-refractivity contribution >= 4 is 29.4 Å². The molecule has 0 unspecified atom stereocenters. The number of aryl methyl sites for hydroxylation is 1. The van der Waals surface area contributed by atoms with Crippen molar-refractivity contribution in [2.45, 2.75) is 13.0 Å². The number of hydrogen-bond donors (Lipinski definition) is 4. The van der Waals surface area contributed by atoms with Gasteiger partial charge in [0, 0.05) is 25.0 Å². The van der Waals surface area contributed by atoms with Crippen LogP contribution in [0.1, 0.15) is 24.1 Å². The van der Waals surface area contributed by atoms with Crippen LogP contribution in [0.3, 0.4) is 0 Å². The number of nitrogens with zero attached hydrogens (tertiary/aromatic N) is 3. The number of anilines is 3. The van der Waals surface area contributed by atoms with Gasteiger partial charge in [-0.3, -0.25) is 10.00 Å². The van der Waals surface area contributed by atoms with Crippen molar-refractivity contribution in [3.8, 4) is 0 Å². The van der Waals surface area contributed by atoms with Crippen molar-refractivity contribution in [3.05, 3.63) is 65.9 Å². The van der Waals surface area contributed by atoms with Crippen LogP contribution in [0.15, 0.2) is 48.9 Å². The average Bonchev–Trinajstić information content (AvgIpc) is 3.08. The van der Waals surface area contributed by atoms with Crippen LogP contribution >= 0.6 is 0 Å². The van der Waals surface area contributed by atoms with Crippen LogP contribution in [0.5, 0.6) is 0 Å². The minimum atomic E-state index is -0.451. The summed E-state index contributed by atoms with van der Waals surface area (Å²) in [6.07, 6.45) is 6.16. The van der Waals surface area contributed by atoms with Gasteiger partial charge in [0.1, 0.15) is 11.6 Å². The van der Waals surface area contributed by atoms with Crippen LogP contribution in [0.25, 0.3) is 0 Å². The Kier molecular flexibility index (Phi) is 5.64. The highest BCUT2D eigenvalue weighted by Crippen LogP contribution is 2.21. The summed E-state index contributed by atoms with van der Waals surface area (Å²) in [6, 6.07) is 6.75. The number of carbonyl (C=O) groups is 1. The molecular formula is C19H20FN7O. The van der Waals surface area contributed by atoms with E-state index in [-0.39, 0.29) is 11.9 Å². The number of hydrogen-bond acceptors (Lipinski definition) is 5. The van der Waals surface area contributed by atoms with Crippen molar-refractivity contribution in [2.75, 3.05) is 10.6 Å². The molecule has 2 aromatic heterocycles. The molecule has 144 valence electrons. The normalized spacial score (nSPS) is 11.5. The first-order valence-corrected chi connectivity index (χ1v) is 8.54. The maximum absolute atomic E-state index is 13.0. The zero-order valence-corrected chi connectivity index (χ0v) is 15.4. The van der Waals surface area contributed by atoms with Crippen LogP contribution in [-0.2, 0) is 7.05 Å². The van der Waals surface area contributed by atoms with E-state index in [0.717, 1.165) is 11.3 Å². The first-order chi connectivity index (χ1) is 13.4. The van der Waals surface area contributed by atoms with Crippen LogP contribution in [0.4, 0.5) is 26.4 Å². The third-order valence-corrected chi connectivity index (χ3v) is 4.03. The van der Waals surface area contributed by atoms with E-state index in [1.165, 1.54) is 24.5 Å². The Morgan fingerprint density at radius 2 is 2.04 bits per heavy atom. The number of nitrogens with one attached hydrogen (secondary N) is 4. The summed E-state index contributed by atoms with van der Waals surface area (Å²) in [5, 5.41) is 20.2. The lowest BCUT2D eigenvalue weighted by atomic mass is 10.1. The fourth-order valence-electron chi connectivity index (χ4n) is 2.59. The van der Waals surface area contributed by atoms with E-state index in [2.05, 4.69) is 26.0 Å². The lowest BCUT2D eigenvalue weighted by molar-refractivity contribution is 0.249.